The summed E-state index contributed by atoms with van der Waals surface area (Å²) in [5.41, 5.74) is 0.512. The fraction of sp³-hybridized carbons (Fsp3) is 0.0625. The molecule has 0 radical (unpaired) electrons. The second-order valence-corrected chi connectivity index (χ2v) is 5.82. The maximum atomic E-state index is 14.2. The fourth-order valence-electron chi connectivity index (χ4n) is 2.26. The van der Waals surface area contributed by atoms with Crippen molar-refractivity contribution >= 4 is 38.3 Å². The number of pyridine rings is 1. The summed E-state index contributed by atoms with van der Waals surface area (Å²) in [5.74, 6) is -0.645. The van der Waals surface area contributed by atoms with Gasteiger partial charge in [-0.15, -0.1) is 0 Å². The van der Waals surface area contributed by atoms with E-state index in [-0.39, 0.29) is 10.6 Å². The van der Waals surface area contributed by atoms with Gasteiger partial charge in [0.05, 0.1) is 10.7 Å². The first kappa shape index (κ1) is 14.4. The Hall–Kier alpha value is -1.49. The van der Waals surface area contributed by atoms with Crippen LogP contribution >= 0.6 is 27.5 Å². The Labute approximate surface area is 134 Å². The molecular weight excluding hydrogens is 357 g/mol. The first-order valence-electron chi connectivity index (χ1n) is 6.24. The van der Waals surface area contributed by atoms with Crippen molar-refractivity contribution in [3.8, 4) is 0 Å². The molecule has 0 saturated carbocycles. The Morgan fingerprint density at radius 2 is 1.90 bits per heavy atom. The molecule has 5 heteroatoms. The van der Waals surface area contributed by atoms with E-state index < -0.39 is 11.9 Å². The summed E-state index contributed by atoms with van der Waals surface area (Å²) in [7, 11) is 0. The third kappa shape index (κ3) is 2.55. The van der Waals surface area contributed by atoms with E-state index in [0.717, 1.165) is 10.8 Å². The average Bonchev–Trinajstić information content (AvgIpc) is 2.51. The summed E-state index contributed by atoms with van der Waals surface area (Å²) in [6.45, 7) is 0. The highest BCUT2D eigenvalue weighted by Gasteiger charge is 2.21. The molecule has 0 aliphatic heterocycles. The molecule has 106 valence electrons. The van der Waals surface area contributed by atoms with E-state index in [2.05, 4.69) is 20.9 Å². The van der Waals surface area contributed by atoms with Gasteiger partial charge in [0.1, 0.15) is 11.9 Å². The van der Waals surface area contributed by atoms with E-state index in [1.807, 2.05) is 30.3 Å². The molecule has 1 atom stereocenters. The quantitative estimate of drug-likeness (QED) is 0.656. The van der Waals surface area contributed by atoms with E-state index in [9.17, 15) is 9.50 Å². The fourth-order valence-corrected chi connectivity index (χ4v) is 2.74. The van der Waals surface area contributed by atoms with Gasteiger partial charge in [-0.2, -0.15) is 0 Å². The van der Waals surface area contributed by atoms with Crippen LogP contribution in [0.5, 0.6) is 0 Å². The van der Waals surface area contributed by atoms with Crippen LogP contribution in [-0.4, -0.2) is 10.1 Å². The first-order chi connectivity index (χ1) is 10.1. The van der Waals surface area contributed by atoms with Crippen LogP contribution < -0.4 is 0 Å². The van der Waals surface area contributed by atoms with Gasteiger partial charge in [-0.1, -0.05) is 41.9 Å². The number of nitrogens with zero attached hydrogens (tertiary/aromatic N) is 1. The number of aliphatic hydroxyl groups is 1. The number of halogens is 3. The monoisotopic (exact) mass is 365 g/mol. The molecule has 21 heavy (non-hydrogen) atoms. The van der Waals surface area contributed by atoms with Crippen LogP contribution in [0.2, 0.25) is 5.02 Å². The van der Waals surface area contributed by atoms with Crippen molar-refractivity contribution in [3.63, 3.8) is 0 Å². The normalized spacial score (nSPS) is 12.6. The number of hydrogen-bond donors (Lipinski definition) is 1. The molecule has 0 spiro atoms. The topological polar surface area (TPSA) is 33.1 Å². The van der Waals surface area contributed by atoms with E-state index in [0.29, 0.717) is 10.2 Å². The Bertz CT molecular complexity index is 819. The largest absolute Gasteiger partial charge is 0.382 e. The van der Waals surface area contributed by atoms with Gasteiger partial charge in [-0.05, 0) is 33.4 Å². The van der Waals surface area contributed by atoms with Gasteiger partial charge >= 0.3 is 0 Å². The van der Waals surface area contributed by atoms with Gasteiger partial charge in [-0.3, -0.25) is 4.98 Å². The molecule has 3 rings (SSSR count). The Kier molecular flexibility index (Phi) is 3.93. The van der Waals surface area contributed by atoms with Crippen LogP contribution in [0, 0.1) is 5.82 Å². The minimum atomic E-state index is -1.18. The number of aliphatic hydroxyl groups excluding tert-OH is 1. The molecule has 1 aromatic heterocycles. The molecule has 0 aliphatic carbocycles. The highest BCUT2D eigenvalue weighted by molar-refractivity contribution is 9.10. The lowest BCUT2D eigenvalue weighted by Gasteiger charge is -2.15. The van der Waals surface area contributed by atoms with Crippen LogP contribution in [0.1, 0.15) is 17.4 Å². The number of rotatable bonds is 2. The zero-order valence-electron chi connectivity index (χ0n) is 10.7. The summed E-state index contributed by atoms with van der Waals surface area (Å²) in [6.07, 6.45) is 0.418. The molecule has 2 aromatic carbocycles. The van der Waals surface area contributed by atoms with Crippen LogP contribution in [0.3, 0.4) is 0 Å². The molecule has 0 amide bonds. The standard InChI is InChI=1S/C16H10BrClFNO/c17-12-6-5-11(14(19)13(12)18)16(21)15-10-4-2-1-3-9(10)7-8-20-15/h1-8,16,21H. The summed E-state index contributed by atoms with van der Waals surface area (Å²) in [6, 6.07) is 12.5. The zero-order valence-corrected chi connectivity index (χ0v) is 13.1. The summed E-state index contributed by atoms with van der Waals surface area (Å²) < 4.78 is 14.7. The highest BCUT2D eigenvalue weighted by Crippen LogP contribution is 2.34. The van der Waals surface area contributed by atoms with Gasteiger partial charge in [0.2, 0.25) is 0 Å². The smallest absolute Gasteiger partial charge is 0.149 e. The first-order valence-corrected chi connectivity index (χ1v) is 7.42. The molecule has 0 aliphatic rings. The van der Waals surface area contributed by atoms with Gasteiger partial charge in [-0.25, -0.2) is 4.39 Å². The van der Waals surface area contributed by atoms with Gasteiger partial charge < -0.3 is 5.11 Å². The van der Waals surface area contributed by atoms with Crippen LogP contribution in [0.25, 0.3) is 10.8 Å². The number of fused-ring (bicyclic) bond motifs is 1. The average molecular weight is 367 g/mol. The van der Waals surface area contributed by atoms with E-state index in [1.165, 1.54) is 6.07 Å². The van der Waals surface area contributed by atoms with Crippen molar-refractivity contribution in [3.05, 3.63) is 75.2 Å². The highest BCUT2D eigenvalue weighted by atomic mass is 79.9. The Morgan fingerprint density at radius 3 is 2.71 bits per heavy atom. The predicted molar refractivity (Wildman–Crippen MR) is 84.9 cm³/mol. The molecule has 0 fully saturated rings. The van der Waals surface area contributed by atoms with E-state index >= 15 is 0 Å². The van der Waals surface area contributed by atoms with E-state index in [4.69, 9.17) is 11.6 Å². The molecular formula is C16H10BrClFNO. The predicted octanol–water partition coefficient (Wildman–Crippen LogP) is 4.87. The SMILES string of the molecule is OC(c1ccc(Br)c(Cl)c1F)c1nccc2ccccc12. The number of aromatic nitrogens is 1. The summed E-state index contributed by atoms with van der Waals surface area (Å²) in [4.78, 5) is 4.20. The minimum Gasteiger partial charge on any atom is -0.382 e. The molecule has 1 heterocycles. The molecule has 0 saturated heterocycles. The van der Waals surface area contributed by atoms with Gasteiger partial charge in [0.15, 0.2) is 0 Å². The Morgan fingerprint density at radius 1 is 1.14 bits per heavy atom. The second-order valence-electron chi connectivity index (χ2n) is 4.58. The van der Waals surface area contributed by atoms with Crippen molar-refractivity contribution < 1.29 is 9.50 Å². The van der Waals surface area contributed by atoms with Crippen LogP contribution in [0.4, 0.5) is 4.39 Å². The molecule has 2 nitrogen and oxygen atoms in total. The maximum Gasteiger partial charge on any atom is 0.149 e. The minimum absolute atomic E-state index is 0.0493. The lowest BCUT2D eigenvalue weighted by atomic mass is 10.0. The zero-order chi connectivity index (χ0) is 15.0. The Balaban J connectivity index is 2.17. The van der Waals surface area contributed by atoms with Crippen molar-refractivity contribution in [2.75, 3.05) is 0 Å². The van der Waals surface area contributed by atoms with Crippen molar-refractivity contribution in [1.29, 1.82) is 0 Å². The van der Waals surface area contributed by atoms with E-state index in [1.54, 1.807) is 12.3 Å². The third-order valence-corrected chi connectivity index (χ3v) is 4.58. The van der Waals surface area contributed by atoms with Crippen molar-refractivity contribution in [2.45, 2.75) is 6.10 Å². The van der Waals surface area contributed by atoms with Crippen molar-refractivity contribution in [2.24, 2.45) is 0 Å². The number of benzene rings is 2. The number of hydrogen-bond acceptors (Lipinski definition) is 2. The van der Waals surface area contributed by atoms with Crippen LogP contribution in [0.15, 0.2) is 53.1 Å². The van der Waals surface area contributed by atoms with Crippen LogP contribution in [-0.2, 0) is 0 Å². The molecule has 1 N–H and O–H groups in total. The van der Waals surface area contributed by atoms with Gasteiger partial charge in [0, 0.05) is 21.6 Å². The van der Waals surface area contributed by atoms with Crippen molar-refractivity contribution in [1.82, 2.24) is 4.98 Å². The maximum absolute atomic E-state index is 14.2. The molecule has 3 aromatic rings. The molecule has 0 bridgehead atoms. The lowest BCUT2D eigenvalue weighted by Crippen LogP contribution is -2.06. The van der Waals surface area contributed by atoms with Gasteiger partial charge in [0.25, 0.3) is 0 Å². The third-order valence-electron chi connectivity index (χ3n) is 3.32. The summed E-state index contributed by atoms with van der Waals surface area (Å²) >= 11 is 9.04. The second kappa shape index (κ2) is 5.72. The lowest BCUT2D eigenvalue weighted by molar-refractivity contribution is 0.212. The summed E-state index contributed by atoms with van der Waals surface area (Å²) in [5, 5.41) is 12.2. The molecule has 1 unspecified atom stereocenters.